The van der Waals surface area contributed by atoms with Gasteiger partial charge in [-0.25, -0.2) is 9.80 Å². The number of unbranched alkanes of at least 4 members (excludes halogenated alkanes) is 1. The highest BCUT2D eigenvalue weighted by Crippen LogP contribution is 2.09. The lowest BCUT2D eigenvalue weighted by Gasteiger charge is -2.22. The van der Waals surface area contributed by atoms with Gasteiger partial charge in [0, 0.05) is 26.4 Å². The molecule has 12 nitrogen and oxygen atoms in total. The van der Waals surface area contributed by atoms with Crippen molar-refractivity contribution in [2.75, 3.05) is 20.1 Å². The van der Waals surface area contributed by atoms with Crippen molar-refractivity contribution < 1.29 is 38.2 Å². The molecule has 0 atom stereocenters. The van der Waals surface area contributed by atoms with Crippen molar-refractivity contribution in [2.45, 2.75) is 111 Å². The third-order valence-electron chi connectivity index (χ3n) is 3.64. The highest BCUT2D eigenvalue weighted by molar-refractivity contribution is 5.81. The van der Waals surface area contributed by atoms with E-state index in [-0.39, 0.29) is 37.6 Å². The van der Waals surface area contributed by atoms with E-state index in [9.17, 15) is 24.0 Å². The third-order valence-corrected chi connectivity index (χ3v) is 3.64. The van der Waals surface area contributed by atoms with Crippen molar-refractivity contribution in [3.8, 4) is 0 Å². The minimum absolute atomic E-state index is 0.0372. The van der Waals surface area contributed by atoms with Crippen LogP contribution in [0.25, 0.3) is 0 Å². The predicted octanol–water partition coefficient (Wildman–Crippen LogP) is 2.58. The number of nitrogens with zero attached hydrogens (tertiary/aromatic N) is 1. The van der Waals surface area contributed by atoms with E-state index in [1.165, 1.54) is 5.01 Å². The number of likely N-dealkylation sites (N-methyl/N-ethyl adjacent to an activating group) is 1. The van der Waals surface area contributed by atoms with E-state index in [0.717, 1.165) is 0 Å². The molecule has 216 valence electrons. The van der Waals surface area contributed by atoms with Gasteiger partial charge in [-0.1, -0.05) is 0 Å². The average molecular weight is 533 g/mol. The van der Waals surface area contributed by atoms with Crippen molar-refractivity contribution >= 4 is 29.8 Å². The summed E-state index contributed by atoms with van der Waals surface area (Å²) in [6.45, 7) is 16.3. The van der Waals surface area contributed by atoms with Gasteiger partial charge in [-0.15, -0.1) is 0 Å². The van der Waals surface area contributed by atoms with Crippen LogP contribution in [-0.4, -0.2) is 71.8 Å². The van der Waals surface area contributed by atoms with Gasteiger partial charge in [-0.05, 0) is 75.2 Å². The van der Waals surface area contributed by atoms with Gasteiger partial charge >= 0.3 is 18.0 Å². The fourth-order valence-corrected chi connectivity index (χ4v) is 2.51. The highest BCUT2D eigenvalue weighted by atomic mass is 16.6. The van der Waals surface area contributed by atoms with Crippen LogP contribution in [0.2, 0.25) is 0 Å². The minimum Gasteiger partial charge on any atom is -0.460 e. The van der Waals surface area contributed by atoms with E-state index in [2.05, 4.69) is 15.5 Å². The highest BCUT2D eigenvalue weighted by Gasteiger charge is 2.19. The fourth-order valence-electron chi connectivity index (χ4n) is 2.51. The maximum absolute atomic E-state index is 11.9. The lowest BCUT2D eigenvalue weighted by molar-refractivity contribution is -0.157. The molecule has 0 fully saturated rings. The Hall–Kier alpha value is -2.89. The summed E-state index contributed by atoms with van der Waals surface area (Å²) in [7, 11) is 1.59. The van der Waals surface area contributed by atoms with Crippen LogP contribution in [-0.2, 0) is 33.4 Å². The monoisotopic (exact) mass is 532 g/mol. The van der Waals surface area contributed by atoms with Crippen LogP contribution < -0.4 is 16.5 Å². The summed E-state index contributed by atoms with van der Waals surface area (Å²) < 4.78 is 14.9. The molecule has 0 aromatic rings. The molecular weight excluding hydrogens is 484 g/mol. The first-order chi connectivity index (χ1) is 16.6. The molecule has 0 heterocycles. The van der Waals surface area contributed by atoms with Crippen LogP contribution in [0.3, 0.4) is 0 Å². The van der Waals surface area contributed by atoms with Crippen LogP contribution in [0.5, 0.6) is 0 Å². The van der Waals surface area contributed by atoms with Gasteiger partial charge in [0.15, 0.2) is 0 Å². The van der Waals surface area contributed by atoms with E-state index in [4.69, 9.17) is 15.2 Å². The smallest absolute Gasteiger partial charge is 0.405 e. The lowest BCUT2D eigenvalue weighted by Crippen LogP contribution is -2.43. The van der Waals surface area contributed by atoms with Crippen molar-refractivity contribution in [1.29, 1.82) is 0 Å². The van der Waals surface area contributed by atoms with Gasteiger partial charge in [0.2, 0.25) is 11.8 Å². The van der Waals surface area contributed by atoms with E-state index < -0.39 is 34.8 Å². The first kappa shape index (κ1) is 36.3. The third kappa shape index (κ3) is 29.2. The van der Waals surface area contributed by atoms with E-state index in [1.807, 2.05) is 0 Å². The first-order valence-corrected chi connectivity index (χ1v) is 12.3. The van der Waals surface area contributed by atoms with Crippen molar-refractivity contribution in [3.63, 3.8) is 0 Å². The summed E-state index contributed by atoms with van der Waals surface area (Å²) in [5.74, 6) is -1.26. The Morgan fingerprint density at radius 1 is 0.676 bits per heavy atom. The number of carbonyl (C=O) groups is 5. The molecule has 0 unspecified atom stereocenters. The Morgan fingerprint density at radius 2 is 1.16 bits per heavy atom. The topological polar surface area (TPSA) is 166 Å². The van der Waals surface area contributed by atoms with Crippen LogP contribution in [0.15, 0.2) is 0 Å². The number of nitrogens with two attached hydrogens (primary N) is 1. The summed E-state index contributed by atoms with van der Waals surface area (Å²) in [4.78, 5) is 56.8. The SMILES string of the molecule is CC(C)(C)OC(N)=O.CN(CC(=O)OC(C)(C)C)NC(=O)CCCCNC(=O)CCC(=O)OC(C)(C)C. The number of hydrogen-bond acceptors (Lipinski definition) is 9. The fraction of sp³-hybridized carbons (Fsp3) is 0.800. The van der Waals surface area contributed by atoms with Crippen molar-refractivity contribution in [1.82, 2.24) is 15.8 Å². The predicted molar refractivity (Wildman–Crippen MR) is 139 cm³/mol. The number of nitrogens with one attached hydrogen (secondary N) is 2. The average Bonchev–Trinajstić information content (AvgIpc) is 2.61. The van der Waals surface area contributed by atoms with Crippen molar-refractivity contribution in [2.24, 2.45) is 5.73 Å². The molecule has 0 aliphatic carbocycles. The van der Waals surface area contributed by atoms with Gasteiger partial charge in [-0.3, -0.25) is 24.6 Å². The number of hydrogen-bond donors (Lipinski definition) is 3. The molecule has 0 saturated carbocycles. The molecule has 4 N–H and O–H groups in total. The zero-order valence-electron chi connectivity index (χ0n) is 24.2. The molecule has 3 amide bonds. The summed E-state index contributed by atoms with van der Waals surface area (Å²) >= 11 is 0. The summed E-state index contributed by atoms with van der Waals surface area (Å²) in [5.41, 5.74) is 5.74. The molecule has 0 aromatic heterocycles. The normalized spacial score (nSPS) is 11.5. The standard InChI is InChI=1S/C20H37N3O6.C5H11NO2/c1-19(2,3)28-17(26)12-11-15(24)21-13-9-8-10-16(25)22-23(7)14-18(27)29-20(4,5)6;1-5(2,3)8-4(6)7/h8-14H2,1-7H3,(H,21,24)(H,22,25);1-3H3,(H2,6,7). The number of hydrazine groups is 1. The zero-order valence-corrected chi connectivity index (χ0v) is 24.2. The summed E-state index contributed by atoms with van der Waals surface area (Å²) in [6.07, 6.45) is 0.865. The maximum Gasteiger partial charge on any atom is 0.405 e. The Bertz CT molecular complexity index is 749. The molecule has 0 rings (SSSR count). The van der Waals surface area contributed by atoms with Gasteiger partial charge in [0.25, 0.3) is 0 Å². The number of rotatable bonds is 11. The molecule has 0 bridgehead atoms. The minimum atomic E-state index is -0.725. The summed E-state index contributed by atoms with van der Waals surface area (Å²) in [6, 6.07) is 0. The molecule has 0 saturated heterocycles. The van der Waals surface area contributed by atoms with Crippen molar-refractivity contribution in [3.05, 3.63) is 0 Å². The van der Waals surface area contributed by atoms with Crippen LogP contribution in [0.1, 0.15) is 94.4 Å². The van der Waals surface area contributed by atoms with Gasteiger partial charge in [0.05, 0.1) is 6.42 Å². The number of amides is 3. The van der Waals surface area contributed by atoms with E-state index >= 15 is 0 Å². The molecule has 0 aliphatic heterocycles. The van der Waals surface area contributed by atoms with Gasteiger partial charge in [0.1, 0.15) is 23.3 Å². The number of carbonyl (C=O) groups excluding carboxylic acids is 5. The largest absolute Gasteiger partial charge is 0.460 e. The van der Waals surface area contributed by atoms with Crippen LogP contribution in [0.4, 0.5) is 4.79 Å². The summed E-state index contributed by atoms with van der Waals surface area (Å²) in [5, 5.41) is 4.10. The molecule has 0 spiro atoms. The maximum atomic E-state index is 11.9. The quantitative estimate of drug-likeness (QED) is 0.157. The van der Waals surface area contributed by atoms with Crippen LogP contribution in [0, 0.1) is 0 Å². The Morgan fingerprint density at radius 3 is 1.59 bits per heavy atom. The first-order valence-electron chi connectivity index (χ1n) is 12.3. The molecule has 0 aliphatic rings. The number of ether oxygens (including phenoxy) is 3. The number of primary amides is 1. The molecular formula is C25H48N4O8. The Kier molecular flexibility index (Phi) is 16.4. The van der Waals surface area contributed by atoms with Gasteiger partial charge in [-0.2, -0.15) is 0 Å². The lowest BCUT2D eigenvalue weighted by atomic mass is 10.2. The molecule has 12 heteroatoms. The zero-order chi connectivity index (χ0) is 29.4. The Labute approximate surface area is 221 Å². The molecule has 37 heavy (non-hydrogen) atoms. The van der Waals surface area contributed by atoms with Crippen LogP contribution >= 0.6 is 0 Å². The van der Waals surface area contributed by atoms with E-state index in [0.29, 0.717) is 19.4 Å². The van der Waals surface area contributed by atoms with E-state index in [1.54, 1.807) is 69.4 Å². The van der Waals surface area contributed by atoms with Gasteiger partial charge < -0.3 is 25.3 Å². The number of esters is 2. The second kappa shape index (κ2) is 16.8. The Balaban J connectivity index is 0. The second-order valence-electron chi connectivity index (χ2n) is 11.4. The molecule has 0 aromatic carbocycles. The second-order valence-corrected chi connectivity index (χ2v) is 11.4. The molecule has 0 radical (unpaired) electrons.